The van der Waals surface area contributed by atoms with Crippen molar-refractivity contribution in [3.05, 3.63) is 46.8 Å². The first-order chi connectivity index (χ1) is 15.2. The molecule has 3 N–H and O–H groups in total. The third-order valence-electron chi connectivity index (χ3n) is 6.07. The summed E-state index contributed by atoms with van der Waals surface area (Å²) in [5, 5.41) is 8.10. The van der Waals surface area contributed by atoms with Gasteiger partial charge in [-0.25, -0.2) is 4.98 Å². The largest absolute Gasteiger partial charge is 0.378 e. The maximum Gasteiger partial charge on any atom is 0.263 e. The summed E-state index contributed by atoms with van der Waals surface area (Å²) in [7, 11) is 0. The van der Waals surface area contributed by atoms with E-state index >= 15 is 0 Å². The van der Waals surface area contributed by atoms with Crippen molar-refractivity contribution in [1.29, 1.82) is 0 Å². The van der Waals surface area contributed by atoms with Crippen LogP contribution in [0.15, 0.2) is 41.2 Å². The first-order valence-corrected chi connectivity index (χ1v) is 11.0. The van der Waals surface area contributed by atoms with Crippen molar-refractivity contribution < 1.29 is 4.74 Å². The molecular formula is C23H28N6O2. The van der Waals surface area contributed by atoms with Crippen LogP contribution in [0, 0.1) is 0 Å². The lowest BCUT2D eigenvalue weighted by molar-refractivity contribution is 0.122. The third kappa shape index (κ3) is 4.26. The van der Waals surface area contributed by atoms with E-state index in [-0.39, 0.29) is 11.6 Å². The highest BCUT2D eigenvalue weighted by Crippen LogP contribution is 2.26. The number of fused-ring (bicyclic) bond motifs is 1. The highest BCUT2D eigenvalue weighted by atomic mass is 16.5. The van der Waals surface area contributed by atoms with E-state index in [0.29, 0.717) is 55.4 Å². The fourth-order valence-corrected chi connectivity index (χ4v) is 4.25. The summed E-state index contributed by atoms with van der Waals surface area (Å²) >= 11 is 0. The minimum absolute atomic E-state index is 0.182. The van der Waals surface area contributed by atoms with Gasteiger partial charge in [-0.3, -0.25) is 9.78 Å². The number of hydrogen-bond donors (Lipinski definition) is 3. The van der Waals surface area contributed by atoms with Gasteiger partial charge < -0.3 is 20.3 Å². The van der Waals surface area contributed by atoms with Gasteiger partial charge in [0.15, 0.2) is 0 Å². The van der Waals surface area contributed by atoms with E-state index in [1.165, 1.54) is 0 Å². The number of morpholine rings is 1. The standard InChI is InChI=1S/C23H28N6O2/c1-15-6-8-17(14-24-15)25-21-20(19-9-7-16-4-2-3-5-18(16)26-19)22(30)28-23(27-21)29-10-12-31-13-11-29/h2-5,7,9,15,17,24H,6,8,10-14H2,1H3,(H2,25,27,28,30). The molecule has 162 valence electrons. The Balaban J connectivity index is 1.56. The van der Waals surface area contributed by atoms with Gasteiger partial charge in [0.25, 0.3) is 5.56 Å². The molecule has 0 amide bonds. The van der Waals surface area contributed by atoms with E-state index in [0.717, 1.165) is 30.3 Å². The van der Waals surface area contributed by atoms with Gasteiger partial charge in [0.1, 0.15) is 11.4 Å². The maximum atomic E-state index is 13.3. The number of anilines is 2. The predicted octanol–water partition coefficient (Wildman–Crippen LogP) is 2.37. The van der Waals surface area contributed by atoms with Crippen molar-refractivity contribution in [3.63, 3.8) is 0 Å². The number of aromatic amines is 1. The fraction of sp³-hybridized carbons (Fsp3) is 0.435. The van der Waals surface area contributed by atoms with Crippen molar-refractivity contribution in [3.8, 4) is 11.3 Å². The van der Waals surface area contributed by atoms with Gasteiger partial charge in [-0.05, 0) is 31.9 Å². The molecular weight excluding hydrogens is 392 g/mol. The number of ether oxygens (including phenoxy) is 1. The molecule has 2 atom stereocenters. The van der Waals surface area contributed by atoms with E-state index in [1.807, 2.05) is 36.4 Å². The van der Waals surface area contributed by atoms with E-state index in [9.17, 15) is 4.79 Å². The first-order valence-electron chi connectivity index (χ1n) is 11.0. The van der Waals surface area contributed by atoms with E-state index in [4.69, 9.17) is 14.7 Å². The molecule has 0 radical (unpaired) electrons. The Kier molecular flexibility index (Phi) is 5.57. The molecule has 5 rings (SSSR count). The molecule has 3 aromatic rings. The lowest BCUT2D eigenvalue weighted by atomic mass is 10.0. The SMILES string of the molecule is CC1CCC(Nc2nc(N3CCOCC3)[nH]c(=O)c2-c2ccc3ccccc3n2)CN1. The molecule has 2 unspecified atom stereocenters. The van der Waals surface area contributed by atoms with Crippen LogP contribution in [0.4, 0.5) is 11.8 Å². The molecule has 2 saturated heterocycles. The molecule has 2 aromatic heterocycles. The van der Waals surface area contributed by atoms with Gasteiger partial charge in [0, 0.05) is 37.1 Å². The minimum atomic E-state index is -0.182. The van der Waals surface area contributed by atoms with Crippen molar-refractivity contribution in [2.75, 3.05) is 43.1 Å². The Bertz CT molecular complexity index is 1120. The smallest absolute Gasteiger partial charge is 0.263 e. The normalized spacial score (nSPS) is 21.9. The van der Waals surface area contributed by atoms with Gasteiger partial charge in [0.05, 0.1) is 24.4 Å². The molecule has 8 heteroatoms. The lowest BCUT2D eigenvalue weighted by Gasteiger charge is -2.30. The Morgan fingerprint density at radius 3 is 2.74 bits per heavy atom. The van der Waals surface area contributed by atoms with Crippen LogP contribution in [-0.4, -0.2) is 59.9 Å². The molecule has 8 nitrogen and oxygen atoms in total. The molecule has 0 saturated carbocycles. The number of H-pyrrole nitrogens is 1. The van der Waals surface area contributed by atoms with Crippen LogP contribution in [0.5, 0.6) is 0 Å². The number of benzene rings is 1. The first kappa shape index (κ1) is 20.0. The fourth-order valence-electron chi connectivity index (χ4n) is 4.25. The Morgan fingerprint density at radius 2 is 1.94 bits per heavy atom. The number of pyridine rings is 1. The van der Waals surface area contributed by atoms with Gasteiger partial charge in [-0.15, -0.1) is 0 Å². The topological polar surface area (TPSA) is 95.2 Å². The summed E-state index contributed by atoms with van der Waals surface area (Å²) in [6, 6.07) is 12.5. The van der Waals surface area contributed by atoms with Gasteiger partial charge in [0.2, 0.25) is 5.95 Å². The molecule has 2 aliphatic rings. The summed E-state index contributed by atoms with van der Waals surface area (Å²) in [6.07, 6.45) is 2.11. The summed E-state index contributed by atoms with van der Waals surface area (Å²) in [5.41, 5.74) is 1.79. The van der Waals surface area contributed by atoms with Crippen molar-refractivity contribution in [2.45, 2.75) is 31.8 Å². The number of aromatic nitrogens is 3. The quantitative estimate of drug-likeness (QED) is 0.596. The van der Waals surface area contributed by atoms with Crippen LogP contribution in [-0.2, 0) is 4.74 Å². The number of para-hydroxylation sites is 1. The number of hydrogen-bond acceptors (Lipinski definition) is 7. The summed E-state index contributed by atoms with van der Waals surface area (Å²) in [5.74, 6) is 1.17. The van der Waals surface area contributed by atoms with Crippen LogP contribution in [0.2, 0.25) is 0 Å². The van der Waals surface area contributed by atoms with E-state index < -0.39 is 0 Å². The summed E-state index contributed by atoms with van der Waals surface area (Å²) in [6.45, 7) is 5.71. The van der Waals surface area contributed by atoms with Gasteiger partial charge in [-0.2, -0.15) is 4.98 Å². The van der Waals surface area contributed by atoms with Crippen molar-refractivity contribution in [2.24, 2.45) is 0 Å². The average molecular weight is 421 g/mol. The van der Waals surface area contributed by atoms with Crippen LogP contribution in [0.1, 0.15) is 19.8 Å². The minimum Gasteiger partial charge on any atom is -0.378 e. The number of nitrogens with one attached hydrogen (secondary N) is 3. The van der Waals surface area contributed by atoms with Gasteiger partial charge >= 0.3 is 0 Å². The van der Waals surface area contributed by atoms with Crippen LogP contribution < -0.4 is 21.1 Å². The second-order valence-electron chi connectivity index (χ2n) is 8.33. The van der Waals surface area contributed by atoms with E-state index in [2.05, 4.69) is 27.4 Å². The zero-order valence-corrected chi connectivity index (χ0v) is 17.7. The highest BCUT2D eigenvalue weighted by molar-refractivity contribution is 5.83. The molecule has 2 aliphatic heterocycles. The predicted molar refractivity (Wildman–Crippen MR) is 123 cm³/mol. The zero-order valence-electron chi connectivity index (χ0n) is 17.7. The number of piperidine rings is 1. The monoisotopic (exact) mass is 420 g/mol. The zero-order chi connectivity index (χ0) is 21.2. The molecule has 1 aromatic carbocycles. The second-order valence-corrected chi connectivity index (χ2v) is 8.33. The second kappa shape index (κ2) is 8.64. The van der Waals surface area contributed by atoms with Crippen molar-refractivity contribution >= 4 is 22.7 Å². The number of nitrogens with zero attached hydrogens (tertiary/aromatic N) is 3. The van der Waals surface area contributed by atoms with E-state index in [1.54, 1.807) is 0 Å². The summed E-state index contributed by atoms with van der Waals surface area (Å²) in [4.78, 5) is 28.0. The van der Waals surface area contributed by atoms with Gasteiger partial charge in [-0.1, -0.05) is 24.3 Å². The average Bonchev–Trinajstić information content (AvgIpc) is 2.81. The molecule has 31 heavy (non-hydrogen) atoms. The van der Waals surface area contributed by atoms with Crippen LogP contribution >= 0.6 is 0 Å². The lowest BCUT2D eigenvalue weighted by Crippen LogP contribution is -2.44. The van der Waals surface area contributed by atoms with Crippen LogP contribution in [0.3, 0.4) is 0 Å². The number of rotatable bonds is 4. The highest BCUT2D eigenvalue weighted by Gasteiger charge is 2.23. The molecule has 0 bridgehead atoms. The molecule has 0 spiro atoms. The summed E-state index contributed by atoms with van der Waals surface area (Å²) < 4.78 is 5.45. The Morgan fingerprint density at radius 1 is 1.10 bits per heavy atom. The molecule has 0 aliphatic carbocycles. The van der Waals surface area contributed by atoms with Crippen LogP contribution in [0.25, 0.3) is 22.2 Å². The van der Waals surface area contributed by atoms with Crippen molar-refractivity contribution in [1.82, 2.24) is 20.3 Å². The Labute approximate surface area is 181 Å². The Hall–Kier alpha value is -2.97. The molecule has 4 heterocycles. The molecule has 2 fully saturated rings. The maximum absolute atomic E-state index is 13.3. The third-order valence-corrected chi connectivity index (χ3v) is 6.07.